The van der Waals surface area contributed by atoms with Crippen molar-refractivity contribution in [3.05, 3.63) is 23.8 Å². The molecule has 34 heavy (non-hydrogen) atoms. The van der Waals surface area contributed by atoms with Crippen LogP contribution in [0.2, 0.25) is 0 Å². The summed E-state index contributed by atoms with van der Waals surface area (Å²) in [6.07, 6.45) is 9.48. The number of carbonyl (C=O) groups excluding carboxylic acids is 2. The molecule has 2 aliphatic heterocycles. The Bertz CT molecular complexity index is 836. The molecule has 0 bridgehead atoms. The van der Waals surface area contributed by atoms with Gasteiger partial charge in [-0.15, -0.1) is 0 Å². The number of carbonyl (C=O) groups is 2. The number of piperidine rings is 1. The number of halogens is 1. The first kappa shape index (κ1) is 27.2. The Hall–Kier alpha value is -1.35. The molecule has 0 N–H and O–H groups in total. The van der Waals surface area contributed by atoms with Gasteiger partial charge in [0.1, 0.15) is 24.1 Å². The molecule has 1 aliphatic carbocycles. The standard InChI is InChI=1S/C27H41N2O4.HI/c1-4-15-29(2,21-17-22-23(32-3)10-9-11-24(22)33-20-21)16-8-7-14-28-25(30)18-27(19-26(28)31)12-5-6-13-27;/h9-11,21H,4-8,12-20H2,1-3H3;1H/q+1;/p-1. The molecule has 2 amide bonds. The number of fused-ring (bicyclic) bond motifs is 1. The van der Waals surface area contributed by atoms with Crippen LogP contribution in [-0.2, 0) is 16.0 Å². The maximum atomic E-state index is 12.8. The predicted octanol–water partition coefficient (Wildman–Crippen LogP) is 1.35. The molecule has 3 aliphatic rings. The number of methoxy groups -OCH3 is 1. The van der Waals surface area contributed by atoms with Crippen molar-refractivity contribution in [3.63, 3.8) is 0 Å². The highest BCUT2D eigenvalue weighted by Gasteiger charge is 2.45. The van der Waals surface area contributed by atoms with Crippen LogP contribution in [0.3, 0.4) is 0 Å². The Morgan fingerprint density at radius 3 is 2.47 bits per heavy atom. The minimum atomic E-state index is -0.0143. The third-order valence-corrected chi connectivity index (χ3v) is 8.42. The number of rotatable bonds is 9. The molecule has 2 unspecified atom stereocenters. The number of amides is 2. The lowest BCUT2D eigenvalue weighted by molar-refractivity contribution is -0.934. The second-order valence-corrected chi connectivity index (χ2v) is 10.7. The molecular formula is C27H41IN2O4. The summed E-state index contributed by atoms with van der Waals surface area (Å²) in [5, 5.41) is 0. The van der Waals surface area contributed by atoms with Gasteiger partial charge in [0, 0.05) is 31.4 Å². The average molecular weight is 585 g/mol. The maximum Gasteiger partial charge on any atom is 0.229 e. The Balaban J connectivity index is 0.00000324. The second kappa shape index (κ2) is 11.6. The number of hydrogen-bond acceptors (Lipinski definition) is 4. The average Bonchev–Trinajstić information content (AvgIpc) is 3.24. The van der Waals surface area contributed by atoms with Crippen LogP contribution in [0.1, 0.15) is 70.3 Å². The zero-order valence-corrected chi connectivity index (χ0v) is 23.3. The molecule has 1 saturated carbocycles. The van der Waals surface area contributed by atoms with Crippen LogP contribution in [-0.4, -0.2) is 67.6 Å². The molecule has 1 spiro atoms. The smallest absolute Gasteiger partial charge is 0.229 e. The molecule has 0 aromatic heterocycles. The van der Waals surface area contributed by atoms with E-state index in [2.05, 4.69) is 14.0 Å². The van der Waals surface area contributed by atoms with Gasteiger partial charge in [-0.1, -0.05) is 25.8 Å². The molecule has 1 aromatic carbocycles. The summed E-state index contributed by atoms with van der Waals surface area (Å²) < 4.78 is 12.7. The Labute approximate surface area is 222 Å². The van der Waals surface area contributed by atoms with Crippen molar-refractivity contribution in [1.29, 1.82) is 0 Å². The number of likely N-dealkylation sites (N-methyl/N-ethyl adjacent to an activating group) is 1. The van der Waals surface area contributed by atoms with Crippen molar-refractivity contribution in [1.82, 2.24) is 4.90 Å². The Morgan fingerprint density at radius 1 is 1.12 bits per heavy atom. The lowest BCUT2D eigenvalue weighted by Gasteiger charge is -2.44. The third kappa shape index (κ3) is 5.72. The van der Waals surface area contributed by atoms with E-state index in [-0.39, 0.29) is 41.2 Å². The molecule has 2 atom stereocenters. The van der Waals surface area contributed by atoms with E-state index in [0.29, 0.717) is 32.0 Å². The predicted molar refractivity (Wildman–Crippen MR) is 128 cm³/mol. The minimum absolute atomic E-state index is 0. The van der Waals surface area contributed by atoms with E-state index in [4.69, 9.17) is 9.47 Å². The van der Waals surface area contributed by atoms with Gasteiger partial charge < -0.3 is 37.9 Å². The summed E-state index contributed by atoms with van der Waals surface area (Å²) in [6, 6.07) is 6.39. The van der Waals surface area contributed by atoms with E-state index in [9.17, 15) is 9.59 Å². The molecule has 1 saturated heterocycles. The first-order valence-electron chi connectivity index (χ1n) is 12.9. The number of nitrogens with zero attached hydrogens (tertiary/aromatic N) is 2. The van der Waals surface area contributed by atoms with E-state index in [1.165, 1.54) is 5.56 Å². The van der Waals surface area contributed by atoms with E-state index in [1.807, 2.05) is 18.2 Å². The van der Waals surface area contributed by atoms with Crippen molar-refractivity contribution < 1.29 is 47.5 Å². The number of unbranched alkanes of at least 4 members (excludes halogenated alkanes) is 1. The van der Waals surface area contributed by atoms with Gasteiger partial charge >= 0.3 is 0 Å². The van der Waals surface area contributed by atoms with E-state index in [1.54, 1.807) is 12.0 Å². The summed E-state index contributed by atoms with van der Waals surface area (Å²) in [7, 11) is 4.05. The number of quaternary nitrogens is 1. The number of hydrogen-bond donors (Lipinski definition) is 0. The van der Waals surface area contributed by atoms with Crippen LogP contribution in [0.4, 0.5) is 0 Å². The van der Waals surface area contributed by atoms with Crippen molar-refractivity contribution in [2.24, 2.45) is 5.41 Å². The minimum Gasteiger partial charge on any atom is -1.00 e. The second-order valence-electron chi connectivity index (χ2n) is 10.7. The van der Waals surface area contributed by atoms with Gasteiger partial charge in [-0.2, -0.15) is 0 Å². The first-order chi connectivity index (χ1) is 15.9. The van der Waals surface area contributed by atoms with Crippen molar-refractivity contribution in [2.75, 3.05) is 40.4 Å². The summed E-state index contributed by atoms with van der Waals surface area (Å²) in [6.45, 7) is 5.62. The van der Waals surface area contributed by atoms with Crippen LogP contribution in [0, 0.1) is 5.41 Å². The lowest BCUT2D eigenvalue weighted by atomic mass is 9.76. The fraction of sp³-hybridized carbons (Fsp3) is 0.704. The van der Waals surface area contributed by atoms with E-state index >= 15 is 0 Å². The molecule has 2 fully saturated rings. The molecule has 7 heteroatoms. The summed E-state index contributed by atoms with van der Waals surface area (Å²) in [4.78, 5) is 27.1. The highest BCUT2D eigenvalue weighted by molar-refractivity contribution is 5.98. The molecule has 0 radical (unpaired) electrons. The Morgan fingerprint density at radius 2 is 1.82 bits per heavy atom. The van der Waals surface area contributed by atoms with Gasteiger partial charge in [-0.3, -0.25) is 14.5 Å². The van der Waals surface area contributed by atoms with Gasteiger partial charge in [-0.25, -0.2) is 0 Å². The molecule has 190 valence electrons. The quantitative estimate of drug-likeness (QED) is 0.191. The largest absolute Gasteiger partial charge is 1.00 e. The highest BCUT2D eigenvalue weighted by Crippen LogP contribution is 2.47. The van der Waals surface area contributed by atoms with Crippen LogP contribution in [0.25, 0.3) is 0 Å². The van der Waals surface area contributed by atoms with Crippen molar-refractivity contribution in [2.45, 2.75) is 77.2 Å². The van der Waals surface area contributed by atoms with Gasteiger partial charge in [0.25, 0.3) is 0 Å². The van der Waals surface area contributed by atoms with Crippen LogP contribution >= 0.6 is 0 Å². The van der Waals surface area contributed by atoms with E-state index in [0.717, 1.165) is 80.4 Å². The molecule has 4 rings (SSSR count). The van der Waals surface area contributed by atoms with Crippen LogP contribution in [0.5, 0.6) is 11.5 Å². The Kier molecular flexibility index (Phi) is 9.29. The van der Waals surface area contributed by atoms with Gasteiger partial charge in [0.05, 0.1) is 27.2 Å². The van der Waals surface area contributed by atoms with Crippen LogP contribution < -0.4 is 33.5 Å². The van der Waals surface area contributed by atoms with Gasteiger partial charge in [0.15, 0.2) is 0 Å². The topological polar surface area (TPSA) is 55.8 Å². The molecule has 2 heterocycles. The highest BCUT2D eigenvalue weighted by atomic mass is 127. The zero-order valence-electron chi connectivity index (χ0n) is 21.1. The number of imide groups is 1. The molecule has 1 aromatic rings. The number of likely N-dealkylation sites (tertiary alicyclic amines) is 1. The molecular weight excluding hydrogens is 543 g/mol. The zero-order chi connectivity index (χ0) is 23.5. The summed E-state index contributed by atoms with van der Waals surface area (Å²) in [5.41, 5.74) is 1.15. The number of ether oxygens (including phenoxy) is 2. The maximum absolute atomic E-state index is 12.8. The van der Waals surface area contributed by atoms with Gasteiger partial charge in [0.2, 0.25) is 11.8 Å². The fourth-order valence-corrected chi connectivity index (χ4v) is 6.45. The first-order valence-corrected chi connectivity index (χ1v) is 12.9. The summed E-state index contributed by atoms with van der Waals surface area (Å²) >= 11 is 0. The normalized spacial score (nSPS) is 23.1. The summed E-state index contributed by atoms with van der Waals surface area (Å²) in [5.74, 6) is 1.96. The monoisotopic (exact) mass is 584 g/mol. The van der Waals surface area contributed by atoms with Crippen molar-refractivity contribution >= 4 is 11.8 Å². The van der Waals surface area contributed by atoms with Crippen LogP contribution in [0.15, 0.2) is 18.2 Å². The number of benzene rings is 1. The fourth-order valence-electron chi connectivity index (χ4n) is 6.45. The lowest BCUT2D eigenvalue weighted by Crippen LogP contribution is -3.00. The molecule has 6 nitrogen and oxygen atoms in total. The van der Waals surface area contributed by atoms with Crippen molar-refractivity contribution in [3.8, 4) is 11.5 Å². The third-order valence-electron chi connectivity index (χ3n) is 8.42. The SMILES string of the molecule is CCC[N+](C)(CCCCN1C(=O)CC2(CCCC2)CC1=O)C1COc2cccc(OC)c2C1.[I-]. The van der Waals surface area contributed by atoms with Gasteiger partial charge in [-0.05, 0) is 49.7 Å². The van der Waals surface area contributed by atoms with E-state index < -0.39 is 0 Å².